The lowest BCUT2D eigenvalue weighted by Crippen LogP contribution is -2.44. The van der Waals surface area contributed by atoms with Crippen LogP contribution in [0.2, 0.25) is 0 Å². The van der Waals surface area contributed by atoms with Crippen LogP contribution in [0, 0.1) is 0 Å². The molecule has 0 N–H and O–H groups in total. The summed E-state index contributed by atoms with van der Waals surface area (Å²) >= 11 is 3.49. The van der Waals surface area contributed by atoms with E-state index in [0.717, 1.165) is 36.0 Å². The maximum absolute atomic E-state index is 13.6. The first kappa shape index (κ1) is 28.7. The minimum Gasteiger partial charge on any atom is -0.383 e. The van der Waals surface area contributed by atoms with Gasteiger partial charge in [0.1, 0.15) is 6.54 Å². The molecule has 0 aliphatic carbocycles. The quantitative estimate of drug-likeness (QED) is 0.248. The molecule has 0 saturated carbocycles. The number of carbonyl (C=O) groups excluding carboxylic acids is 2. The molecule has 7 heteroatoms. The summed E-state index contributed by atoms with van der Waals surface area (Å²) in [6, 6.07) is 20.0. The first-order chi connectivity index (χ1) is 17.9. The molecule has 3 rings (SSSR count). The van der Waals surface area contributed by atoms with Crippen LogP contribution in [0.1, 0.15) is 53.9 Å². The highest BCUT2D eigenvalue weighted by atomic mass is 79.9. The van der Waals surface area contributed by atoms with Crippen LogP contribution in [0.5, 0.6) is 0 Å². The van der Waals surface area contributed by atoms with Crippen LogP contribution < -0.4 is 0 Å². The van der Waals surface area contributed by atoms with Gasteiger partial charge in [-0.05, 0) is 60.4 Å². The zero-order chi connectivity index (χ0) is 26.6. The number of aryl methyl sites for hydroxylation is 1. The average Bonchev–Trinajstić information content (AvgIpc) is 3.35. The number of ether oxygens (including phenoxy) is 1. The first-order valence-corrected chi connectivity index (χ1v) is 13.8. The van der Waals surface area contributed by atoms with Crippen LogP contribution in [-0.4, -0.2) is 59.5 Å². The van der Waals surface area contributed by atoms with Gasteiger partial charge in [-0.3, -0.25) is 9.59 Å². The molecule has 0 fully saturated rings. The van der Waals surface area contributed by atoms with Gasteiger partial charge < -0.3 is 19.1 Å². The van der Waals surface area contributed by atoms with Crippen LogP contribution in [0.3, 0.4) is 0 Å². The van der Waals surface area contributed by atoms with Crippen molar-refractivity contribution in [3.63, 3.8) is 0 Å². The van der Waals surface area contributed by atoms with E-state index < -0.39 is 0 Å². The third-order valence-corrected chi connectivity index (χ3v) is 6.99. The van der Waals surface area contributed by atoms with Gasteiger partial charge in [-0.2, -0.15) is 0 Å². The molecule has 1 heterocycles. The van der Waals surface area contributed by atoms with E-state index in [1.165, 1.54) is 11.1 Å². The fraction of sp³-hybridized carbons (Fsp3) is 0.400. The number of amides is 2. The number of nitrogens with zero attached hydrogens (tertiary/aromatic N) is 3. The Morgan fingerprint density at radius 2 is 1.62 bits per heavy atom. The minimum absolute atomic E-state index is 0.0227. The second kappa shape index (κ2) is 14.7. The summed E-state index contributed by atoms with van der Waals surface area (Å²) in [5.74, 6) is -0.207. The minimum atomic E-state index is -0.151. The molecule has 0 radical (unpaired) electrons. The molecule has 0 unspecified atom stereocenters. The van der Waals surface area contributed by atoms with E-state index in [4.69, 9.17) is 4.74 Å². The summed E-state index contributed by atoms with van der Waals surface area (Å²) in [4.78, 5) is 30.4. The van der Waals surface area contributed by atoms with Crippen LogP contribution in [0.25, 0.3) is 0 Å². The molecule has 0 spiro atoms. The van der Waals surface area contributed by atoms with Crippen LogP contribution in [-0.2, 0) is 29.0 Å². The fourth-order valence-corrected chi connectivity index (χ4v) is 4.42. The van der Waals surface area contributed by atoms with E-state index in [-0.39, 0.29) is 18.4 Å². The predicted octanol–water partition coefficient (Wildman–Crippen LogP) is 5.78. The SMILES string of the molecule is CCCCN(Cc1cccn1Cc1ccc(Br)cc1)C(=O)CN(CCOC)C(=O)c1ccc(CC)cc1. The molecule has 6 nitrogen and oxygen atoms in total. The number of hydrogen-bond acceptors (Lipinski definition) is 3. The van der Waals surface area contributed by atoms with Gasteiger partial charge in [-0.15, -0.1) is 0 Å². The summed E-state index contributed by atoms with van der Waals surface area (Å²) in [5.41, 5.74) is 4.02. The van der Waals surface area contributed by atoms with Crippen molar-refractivity contribution in [3.05, 3.63) is 93.7 Å². The number of unbranched alkanes of at least 4 members (excludes halogenated alkanes) is 1. The smallest absolute Gasteiger partial charge is 0.254 e. The van der Waals surface area contributed by atoms with E-state index >= 15 is 0 Å². The number of carbonyl (C=O) groups is 2. The van der Waals surface area contributed by atoms with E-state index in [2.05, 4.69) is 52.5 Å². The zero-order valence-electron chi connectivity index (χ0n) is 22.2. The lowest BCUT2D eigenvalue weighted by molar-refractivity contribution is -0.132. The van der Waals surface area contributed by atoms with Crippen molar-refractivity contribution < 1.29 is 14.3 Å². The molecule has 0 saturated heterocycles. The van der Waals surface area contributed by atoms with Crippen LogP contribution in [0.15, 0.2) is 71.3 Å². The Morgan fingerprint density at radius 3 is 2.27 bits per heavy atom. The molecule has 0 bridgehead atoms. The second-order valence-corrected chi connectivity index (χ2v) is 10.1. The van der Waals surface area contributed by atoms with Crippen molar-refractivity contribution in [3.8, 4) is 0 Å². The number of methoxy groups -OCH3 is 1. The summed E-state index contributed by atoms with van der Waals surface area (Å²) in [7, 11) is 1.60. The monoisotopic (exact) mass is 567 g/mol. The number of benzene rings is 2. The largest absolute Gasteiger partial charge is 0.383 e. The van der Waals surface area contributed by atoms with Crippen molar-refractivity contribution in [2.45, 2.75) is 46.2 Å². The lowest BCUT2D eigenvalue weighted by Gasteiger charge is -2.28. The Labute approximate surface area is 229 Å². The molecular weight excluding hydrogens is 530 g/mol. The molecule has 2 amide bonds. The first-order valence-electron chi connectivity index (χ1n) is 13.0. The Balaban J connectivity index is 1.75. The Kier molecular flexibility index (Phi) is 11.4. The number of hydrogen-bond donors (Lipinski definition) is 0. The van der Waals surface area contributed by atoms with Gasteiger partial charge in [0.05, 0.1) is 13.2 Å². The van der Waals surface area contributed by atoms with Gasteiger partial charge in [-0.1, -0.05) is 60.5 Å². The summed E-state index contributed by atoms with van der Waals surface area (Å²) < 4.78 is 8.47. The average molecular weight is 569 g/mol. The maximum atomic E-state index is 13.6. The molecule has 198 valence electrons. The van der Waals surface area contributed by atoms with E-state index in [1.807, 2.05) is 53.6 Å². The topological polar surface area (TPSA) is 54.8 Å². The van der Waals surface area contributed by atoms with Gasteiger partial charge >= 0.3 is 0 Å². The molecule has 37 heavy (non-hydrogen) atoms. The molecule has 3 aromatic rings. The Bertz CT molecular complexity index is 1130. The predicted molar refractivity (Wildman–Crippen MR) is 152 cm³/mol. The third kappa shape index (κ3) is 8.58. The van der Waals surface area contributed by atoms with Gasteiger partial charge in [-0.25, -0.2) is 0 Å². The lowest BCUT2D eigenvalue weighted by atomic mass is 10.1. The highest BCUT2D eigenvalue weighted by Crippen LogP contribution is 2.15. The van der Waals surface area contributed by atoms with E-state index in [9.17, 15) is 9.59 Å². The third-order valence-electron chi connectivity index (χ3n) is 6.46. The fourth-order valence-electron chi connectivity index (χ4n) is 4.15. The number of halogens is 1. The highest BCUT2D eigenvalue weighted by molar-refractivity contribution is 9.10. The van der Waals surface area contributed by atoms with E-state index in [0.29, 0.717) is 31.8 Å². The van der Waals surface area contributed by atoms with Gasteiger partial charge in [0.2, 0.25) is 5.91 Å². The normalized spacial score (nSPS) is 10.9. The Hall–Kier alpha value is -2.90. The van der Waals surface area contributed by atoms with Crippen molar-refractivity contribution in [1.82, 2.24) is 14.4 Å². The van der Waals surface area contributed by atoms with Crippen molar-refractivity contribution >= 4 is 27.7 Å². The summed E-state index contributed by atoms with van der Waals surface area (Å²) in [5, 5.41) is 0. The molecule has 0 aliphatic rings. The molecule has 0 atom stereocenters. The summed E-state index contributed by atoms with van der Waals surface area (Å²) in [6.45, 7) is 6.84. The standard InChI is InChI=1S/C30H38BrN3O3/c1-4-6-17-33(22-28-8-7-18-32(28)21-25-11-15-27(31)16-12-25)29(35)23-34(19-20-37-3)30(36)26-13-9-24(5-2)10-14-26/h7-16,18H,4-6,17,19-23H2,1-3H3. The molecule has 1 aromatic heterocycles. The van der Waals surface area contributed by atoms with Crippen molar-refractivity contribution in [2.75, 3.05) is 33.4 Å². The van der Waals surface area contributed by atoms with Gasteiger partial charge in [0, 0.05) is 48.7 Å². The second-order valence-electron chi connectivity index (χ2n) is 9.19. The van der Waals surface area contributed by atoms with Crippen molar-refractivity contribution in [1.29, 1.82) is 0 Å². The Morgan fingerprint density at radius 1 is 0.919 bits per heavy atom. The molecule has 0 aliphatic heterocycles. The summed E-state index contributed by atoms with van der Waals surface area (Å²) in [6.07, 6.45) is 4.86. The van der Waals surface area contributed by atoms with Gasteiger partial charge in [0.15, 0.2) is 0 Å². The van der Waals surface area contributed by atoms with Crippen molar-refractivity contribution in [2.24, 2.45) is 0 Å². The molecular formula is C30H38BrN3O3. The van der Waals surface area contributed by atoms with Crippen LogP contribution >= 0.6 is 15.9 Å². The number of aromatic nitrogens is 1. The van der Waals surface area contributed by atoms with E-state index in [1.54, 1.807) is 12.0 Å². The van der Waals surface area contributed by atoms with Gasteiger partial charge in [0.25, 0.3) is 5.91 Å². The number of rotatable bonds is 14. The maximum Gasteiger partial charge on any atom is 0.254 e. The molecule has 2 aromatic carbocycles. The van der Waals surface area contributed by atoms with Crippen LogP contribution in [0.4, 0.5) is 0 Å². The zero-order valence-corrected chi connectivity index (χ0v) is 23.7. The highest BCUT2D eigenvalue weighted by Gasteiger charge is 2.23.